The molecule has 1 saturated heterocycles. The van der Waals surface area contributed by atoms with Gasteiger partial charge in [0.25, 0.3) is 5.56 Å². The minimum atomic E-state index is -0.127. The second kappa shape index (κ2) is 7.99. The van der Waals surface area contributed by atoms with Crippen LogP contribution in [0.5, 0.6) is 0 Å². The van der Waals surface area contributed by atoms with Crippen molar-refractivity contribution in [3.63, 3.8) is 0 Å². The number of hydrogen-bond donors (Lipinski definition) is 0. The van der Waals surface area contributed by atoms with E-state index in [1.54, 1.807) is 0 Å². The van der Waals surface area contributed by atoms with Gasteiger partial charge in [-0.15, -0.1) is 11.3 Å². The molecule has 5 rings (SSSR count). The van der Waals surface area contributed by atoms with Crippen LogP contribution in [0, 0.1) is 18.8 Å². The zero-order chi connectivity index (χ0) is 20.7. The highest BCUT2D eigenvalue weighted by Crippen LogP contribution is 2.36. The molecule has 1 aromatic carbocycles. The van der Waals surface area contributed by atoms with Crippen molar-refractivity contribution in [2.45, 2.75) is 45.6 Å². The predicted molar refractivity (Wildman–Crippen MR) is 121 cm³/mol. The van der Waals surface area contributed by atoms with Gasteiger partial charge < -0.3 is 4.90 Å². The van der Waals surface area contributed by atoms with E-state index in [0.29, 0.717) is 11.3 Å². The summed E-state index contributed by atoms with van der Waals surface area (Å²) in [4.78, 5) is 33.4. The van der Waals surface area contributed by atoms with Gasteiger partial charge in [0.05, 0.1) is 11.7 Å². The molecule has 1 amide bonds. The largest absolute Gasteiger partial charge is 0.341 e. The second-order valence-electron chi connectivity index (χ2n) is 8.81. The Morgan fingerprint density at radius 3 is 2.70 bits per heavy atom. The van der Waals surface area contributed by atoms with Gasteiger partial charge in [0.2, 0.25) is 5.91 Å². The van der Waals surface area contributed by atoms with E-state index in [0.717, 1.165) is 41.4 Å². The van der Waals surface area contributed by atoms with E-state index in [1.807, 2.05) is 41.5 Å². The second-order valence-corrected chi connectivity index (χ2v) is 9.66. The lowest BCUT2D eigenvalue weighted by Gasteiger charge is -2.41. The number of rotatable bonds is 3. The molecular weight excluding hydrogens is 394 g/mol. The lowest BCUT2D eigenvalue weighted by atomic mass is 9.75. The maximum absolute atomic E-state index is 13.3. The van der Waals surface area contributed by atoms with E-state index >= 15 is 0 Å². The molecule has 2 atom stereocenters. The number of likely N-dealkylation sites (tertiary alicyclic amines) is 1. The molecule has 156 valence electrons. The molecule has 1 saturated carbocycles. The molecular formula is C24H27N3O2S. The number of aromatic nitrogens is 2. The Morgan fingerprint density at radius 1 is 1.13 bits per heavy atom. The number of carbonyl (C=O) groups is 1. The van der Waals surface area contributed by atoms with Gasteiger partial charge in [-0.05, 0) is 37.2 Å². The van der Waals surface area contributed by atoms with Crippen LogP contribution in [0.25, 0.3) is 21.3 Å². The van der Waals surface area contributed by atoms with Crippen LogP contribution >= 0.6 is 11.3 Å². The molecule has 1 aliphatic carbocycles. The van der Waals surface area contributed by atoms with E-state index in [2.05, 4.69) is 4.98 Å². The van der Waals surface area contributed by atoms with Crippen LogP contribution in [-0.2, 0) is 11.3 Å². The molecule has 0 spiro atoms. The first-order chi connectivity index (χ1) is 14.6. The average molecular weight is 422 g/mol. The minimum Gasteiger partial charge on any atom is -0.341 e. The highest BCUT2D eigenvalue weighted by atomic mass is 32.1. The quantitative estimate of drug-likeness (QED) is 0.627. The Balaban J connectivity index is 1.40. The number of hydrogen-bond acceptors (Lipinski definition) is 4. The summed E-state index contributed by atoms with van der Waals surface area (Å²) in [6, 6.07) is 8.17. The van der Waals surface area contributed by atoms with Gasteiger partial charge in [-0.2, -0.15) is 0 Å². The molecule has 3 aromatic rings. The van der Waals surface area contributed by atoms with Crippen molar-refractivity contribution in [1.82, 2.24) is 14.5 Å². The number of carbonyl (C=O) groups excluding carboxylic acids is 1. The fraction of sp³-hybridized carbons (Fsp3) is 0.458. The molecule has 0 bridgehead atoms. The molecule has 6 heteroatoms. The normalized spacial score (nSPS) is 21.6. The first kappa shape index (κ1) is 19.5. The average Bonchev–Trinajstić information content (AvgIpc) is 3.21. The molecule has 0 unspecified atom stereocenters. The molecule has 2 aromatic heterocycles. The van der Waals surface area contributed by atoms with E-state index in [-0.39, 0.29) is 18.0 Å². The van der Waals surface area contributed by atoms with Gasteiger partial charge in [0.15, 0.2) is 0 Å². The lowest BCUT2D eigenvalue weighted by molar-refractivity contribution is -0.135. The Labute approximate surface area is 180 Å². The number of thiophene rings is 1. The van der Waals surface area contributed by atoms with Crippen LogP contribution in [-0.4, -0.2) is 33.4 Å². The van der Waals surface area contributed by atoms with Gasteiger partial charge >= 0.3 is 0 Å². The fourth-order valence-electron chi connectivity index (χ4n) is 5.10. The third-order valence-corrected chi connectivity index (χ3v) is 7.76. The monoisotopic (exact) mass is 421 g/mol. The summed E-state index contributed by atoms with van der Waals surface area (Å²) in [5.41, 5.74) is 2.96. The van der Waals surface area contributed by atoms with Crippen molar-refractivity contribution < 1.29 is 4.79 Å². The number of aryl methyl sites for hydroxylation is 1. The van der Waals surface area contributed by atoms with Crippen molar-refractivity contribution in [3.05, 3.63) is 51.9 Å². The third-order valence-electron chi connectivity index (χ3n) is 6.87. The Kier molecular flexibility index (Phi) is 5.19. The van der Waals surface area contributed by atoms with Gasteiger partial charge in [0.1, 0.15) is 11.4 Å². The summed E-state index contributed by atoms with van der Waals surface area (Å²) in [5.74, 6) is 1.46. The Bertz CT molecular complexity index is 1130. The van der Waals surface area contributed by atoms with Crippen LogP contribution < -0.4 is 5.56 Å². The topological polar surface area (TPSA) is 55.2 Å². The first-order valence-electron chi connectivity index (χ1n) is 10.9. The van der Waals surface area contributed by atoms with Crippen molar-refractivity contribution in [2.75, 3.05) is 13.1 Å². The molecule has 0 N–H and O–H groups in total. The summed E-state index contributed by atoms with van der Waals surface area (Å²) in [5, 5.41) is 2.61. The predicted octanol–water partition coefficient (Wildman–Crippen LogP) is 4.47. The minimum absolute atomic E-state index is 0.0365. The van der Waals surface area contributed by atoms with Crippen LogP contribution in [0.3, 0.4) is 0 Å². The molecule has 2 fully saturated rings. The van der Waals surface area contributed by atoms with Gasteiger partial charge in [-0.3, -0.25) is 14.2 Å². The number of piperidine rings is 1. The van der Waals surface area contributed by atoms with Crippen LogP contribution in [0.1, 0.15) is 37.7 Å². The highest BCUT2D eigenvalue weighted by molar-refractivity contribution is 7.17. The number of benzene rings is 1. The third kappa shape index (κ3) is 3.58. The Hall–Kier alpha value is -2.47. The van der Waals surface area contributed by atoms with Crippen molar-refractivity contribution in [3.8, 4) is 11.1 Å². The summed E-state index contributed by atoms with van der Waals surface area (Å²) in [7, 11) is 0. The number of fused-ring (bicyclic) bond motifs is 2. The molecule has 0 radical (unpaired) electrons. The fourth-order valence-corrected chi connectivity index (χ4v) is 6.01. The van der Waals surface area contributed by atoms with Crippen molar-refractivity contribution >= 4 is 27.5 Å². The summed E-state index contributed by atoms with van der Waals surface area (Å²) < 4.78 is 1.49. The zero-order valence-electron chi connectivity index (χ0n) is 17.3. The van der Waals surface area contributed by atoms with Gasteiger partial charge in [-0.25, -0.2) is 4.98 Å². The highest BCUT2D eigenvalue weighted by Gasteiger charge is 2.33. The SMILES string of the molecule is Cc1ccc(-c2csc3ncn(CC(=O)N4CC[C@H]5CCCC[C@H]5C4)c(=O)c23)cc1. The number of nitrogens with zero attached hydrogens (tertiary/aromatic N) is 3. The summed E-state index contributed by atoms with van der Waals surface area (Å²) >= 11 is 1.48. The molecule has 5 nitrogen and oxygen atoms in total. The zero-order valence-corrected chi connectivity index (χ0v) is 18.2. The summed E-state index contributed by atoms with van der Waals surface area (Å²) in [6.45, 7) is 3.78. The van der Waals surface area contributed by atoms with Crippen molar-refractivity contribution in [1.29, 1.82) is 0 Å². The molecule has 30 heavy (non-hydrogen) atoms. The van der Waals surface area contributed by atoms with Gasteiger partial charge in [-0.1, -0.05) is 49.1 Å². The summed E-state index contributed by atoms with van der Waals surface area (Å²) in [6.07, 6.45) is 7.79. The first-order valence-corrected chi connectivity index (χ1v) is 11.8. The van der Waals surface area contributed by atoms with Gasteiger partial charge in [0, 0.05) is 24.0 Å². The van der Waals surface area contributed by atoms with Crippen LogP contribution in [0.2, 0.25) is 0 Å². The van der Waals surface area contributed by atoms with Crippen LogP contribution in [0.15, 0.2) is 40.8 Å². The van der Waals surface area contributed by atoms with E-state index in [4.69, 9.17) is 0 Å². The smallest absolute Gasteiger partial charge is 0.263 e. The molecule has 1 aliphatic heterocycles. The van der Waals surface area contributed by atoms with Crippen molar-refractivity contribution in [2.24, 2.45) is 11.8 Å². The van der Waals surface area contributed by atoms with E-state index in [1.165, 1.54) is 53.5 Å². The maximum Gasteiger partial charge on any atom is 0.263 e. The molecule has 3 heterocycles. The van der Waals surface area contributed by atoms with Crippen LogP contribution in [0.4, 0.5) is 0 Å². The van der Waals surface area contributed by atoms with E-state index < -0.39 is 0 Å². The van der Waals surface area contributed by atoms with E-state index in [9.17, 15) is 9.59 Å². The number of amides is 1. The lowest BCUT2D eigenvalue weighted by Crippen LogP contribution is -2.46. The molecule has 2 aliphatic rings. The Morgan fingerprint density at radius 2 is 1.90 bits per heavy atom. The standard InChI is InChI=1S/C24H27N3O2S/c1-16-6-8-18(9-7-16)20-14-30-23-22(20)24(29)27(15-25-23)13-21(28)26-11-10-17-4-2-3-5-19(17)12-26/h6-9,14-15,17,19H,2-5,10-13H2,1H3/t17-,19+/m1/s1. The maximum atomic E-state index is 13.3.